The molecule has 0 unspecified atom stereocenters. The van der Waals surface area contributed by atoms with Gasteiger partial charge < -0.3 is 9.47 Å². The van der Waals surface area contributed by atoms with Crippen molar-refractivity contribution in [1.29, 1.82) is 5.26 Å². The summed E-state index contributed by atoms with van der Waals surface area (Å²) in [4.78, 5) is 13.9. The molecule has 0 radical (unpaired) electrons. The molecule has 1 amide bonds. The first-order valence-electron chi connectivity index (χ1n) is 7.38. The Balaban J connectivity index is 2.13. The summed E-state index contributed by atoms with van der Waals surface area (Å²) < 4.78 is 1.82. The summed E-state index contributed by atoms with van der Waals surface area (Å²) in [5.74, 6) is 0.609. The molecule has 0 aliphatic carbocycles. The zero-order valence-corrected chi connectivity index (χ0v) is 15.3. The number of aromatic nitrogens is 3. The van der Waals surface area contributed by atoms with E-state index in [4.69, 9.17) is 16.9 Å². The van der Waals surface area contributed by atoms with Crippen LogP contribution in [0.15, 0.2) is 29.4 Å². The molecule has 1 aromatic carbocycles. The van der Waals surface area contributed by atoms with Crippen molar-refractivity contribution in [2.75, 3.05) is 13.6 Å². The van der Waals surface area contributed by atoms with Gasteiger partial charge >= 0.3 is 0 Å². The molecule has 2 aromatic rings. The number of thioether (sulfide) groups is 1. The first kappa shape index (κ1) is 18.3. The smallest absolute Gasteiger partial charge is 0.235 e. The van der Waals surface area contributed by atoms with Gasteiger partial charge in [0.25, 0.3) is 0 Å². The van der Waals surface area contributed by atoms with Gasteiger partial charge in [0.2, 0.25) is 5.91 Å². The van der Waals surface area contributed by atoms with E-state index in [1.807, 2.05) is 42.8 Å². The Morgan fingerprint density at radius 3 is 2.83 bits per heavy atom. The predicted octanol–water partition coefficient (Wildman–Crippen LogP) is 2.99. The van der Waals surface area contributed by atoms with Crippen LogP contribution in [0.1, 0.15) is 13.3 Å². The Morgan fingerprint density at radius 1 is 1.46 bits per heavy atom. The van der Waals surface area contributed by atoms with E-state index in [0.29, 0.717) is 29.0 Å². The number of amides is 1. The largest absolute Gasteiger partial charge is 0.344 e. The lowest BCUT2D eigenvalue weighted by Gasteiger charge is -2.19. The average Bonchev–Trinajstić information content (AvgIpc) is 2.93. The lowest BCUT2D eigenvalue weighted by atomic mass is 10.2. The quantitative estimate of drug-likeness (QED) is 0.737. The summed E-state index contributed by atoms with van der Waals surface area (Å²) in [5.41, 5.74) is 0.797. The van der Waals surface area contributed by atoms with Crippen molar-refractivity contribution < 1.29 is 4.79 Å². The van der Waals surface area contributed by atoms with Gasteiger partial charge in [-0.15, -0.1) is 10.2 Å². The molecular weight excluding hydrogens is 346 g/mol. The predicted molar refractivity (Wildman–Crippen MR) is 94.6 cm³/mol. The number of halogens is 1. The van der Waals surface area contributed by atoms with E-state index < -0.39 is 0 Å². The maximum Gasteiger partial charge on any atom is 0.235 e. The van der Waals surface area contributed by atoms with E-state index in [9.17, 15) is 4.79 Å². The fourth-order valence-electron chi connectivity index (χ4n) is 2.14. The summed E-state index contributed by atoms with van der Waals surface area (Å²) in [6.07, 6.45) is 0.320. The van der Waals surface area contributed by atoms with Crippen molar-refractivity contribution >= 4 is 29.3 Å². The Hall–Kier alpha value is -2.04. The van der Waals surface area contributed by atoms with Crippen LogP contribution >= 0.6 is 23.4 Å². The SMILES string of the molecule is C[C@H](Sc1nnc(-c2ccccc2Cl)n1C)C(=O)N(C)CCC#N. The molecule has 0 spiro atoms. The van der Waals surface area contributed by atoms with Crippen molar-refractivity contribution in [3.63, 3.8) is 0 Å². The Kier molecular flexibility index (Phi) is 6.23. The van der Waals surface area contributed by atoms with Gasteiger partial charge in [-0.05, 0) is 19.1 Å². The summed E-state index contributed by atoms with van der Waals surface area (Å²) in [7, 11) is 3.54. The van der Waals surface area contributed by atoms with Crippen LogP contribution in [0.3, 0.4) is 0 Å². The molecule has 1 atom stereocenters. The number of carbonyl (C=O) groups is 1. The third-order valence-electron chi connectivity index (χ3n) is 3.51. The van der Waals surface area contributed by atoms with E-state index in [2.05, 4.69) is 10.2 Å². The van der Waals surface area contributed by atoms with Gasteiger partial charge in [0.1, 0.15) is 0 Å². The second-order valence-electron chi connectivity index (χ2n) is 5.27. The van der Waals surface area contributed by atoms with Crippen LogP contribution in [0.25, 0.3) is 11.4 Å². The van der Waals surface area contributed by atoms with E-state index >= 15 is 0 Å². The van der Waals surface area contributed by atoms with Gasteiger partial charge in [-0.1, -0.05) is 35.5 Å². The second-order valence-corrected chi connectivity index (χ2v) is 6.99. The first-order chi connectivity index (χ1) is 11.5. The standard InChI is InChI=1S/C16H18ClN5OS/c1-11(15(23)21(2)10-6-9-18)24-16-20-19-14(22(16)3)12-7-4-5-8-13(12)17/h4-5,7-8,11H,6,10H2,1-3H3/t11-/m0/s1. The van der Waals surface area contributed by atoms with E-state index in [1.165, 1.54) is 11.8 Å². The molecule has 24 heavy (non-hydrogen) atoms. The van der Waals surface area contributed by atoms with Crippen LogP contribution in [-0.2, 0) is 11.8 Å². The second kappa shape index (κ2) is 8.18. The summed E-state index contributed by atoms with van der Waals surface area (Å²) in [5, 5.41) is 17.9. The number of rotatable bonds is 6. The number of hydrogen-bond acceptors (Lipinski definition) is 5. The average molecular weight is 364 g/mol. The summed E-state index contributed by atoms with van der Waals surface area (Å²) in [6.45, 7) is 2.24. The van der Waals surface area contributed by atoms with Crippen LogP contribution in [0, 0.1) is 11.3 Å². The fraction of sp³-hybridized carbons (Fsp3) is 0.375. The Morgan fingerprint density at radius 2 is 2.17 bits per heavy atom. The lowest BCUT2D eigenvalue weighted by Crippen LogP contribution is -2.34. The van der Waals surface area contributed by atoms with Gasteiger partial charge in [-0.3, -0.25) is 4.79 Å². The zero-order valence-electron chi connectivity index (χ0n) is 13.7. The Bertz CT molecular complexity index is 770. The van der Waals surface area contributed by atoms with Gasteiger partial charge in [-0.2, -0.15) is 5.26 Å². The highest BCUT2D eigenvalue weighted by molar-refractivity contribution is 8.00. The topological polar surface area (TPSA) is 74.8 Å². The number of nitriles is 1. The third-order valence-corrected chi connectivity index (χ3v) is 4.97. The highest BCUT2D eigenvalue weighted by Crippen LogP contribution is 2.29. The van der Waals surface area contributed by atoms with Crippen molar-refractivity contribution in [3.05, 3.63) is 29.3 Å². The van der Waals surface area contributed by atoms with Crippen molar-refractivity contribution in [3.8, 4) is 17.5 Å². The molecule has 0 saturated heterocycles. The molecule has 0 aliphatic rings. The number of hydrogen-bond donors (Lipinski definition) is 0. The highest BCUT2D eigenvalue weighted by atomic mass is 35.5. The van der Waals surface area contributed by atoms with Crippen LogP contribution < -0.4 is 0 Å². The monoisotopic (exact) mass is 363 g/mol. The van der Waals surface area contributed by atoms with E-state index in [0.717, 1.165) is 5.56 Å². The maximum atomic E-state index is 12.3. The first-order valence-corrected chi connectivity index (χ1v) is 8.64. The zero-order chi connectivity index (χ0) is 17.7. The Labute approximate surface area is 150 Å². The minimum absolute atomic E-state index is 0.0439. The van der Waals surface area contributed by atoms with Gasteiger partial charge in [0, 0.05) is 26.2 Å². The number of benzene rings is 1. The molecule has 2 rings (SSSR count). The van der Waals surface area contributed by atoms with Crippen molar-refractivity contribution in [1.82, 2.24) is 19.7 Å². The van der Waals surface area contributed by atoms with Crippen LogP contribution in [0.4, 0.5) is 0 Å². The van der Waals surface area contributed by atoms with Crippen molar-refractivity contribution in [2.24, 2.45) is 7.05 Å². The van der Waals surface area contributed by atoms with Gasteiger partial charge in [-0.25, -0.2) is 0 Å². The van der Waals surface area contributed by atoms with Crippen LogP contribution in [0.2, 0.25) is 5.02 Å². The van der Waals surface area contributed by atoms with Crippen LogP contribution in [-0.4, -0.2) is 44.4 Å². The minimum Gasteiger partial charge on any atom is -0.344 e. The maximum absolute atomic E-state index is 12.3. The van der Waals surface area contributed by atoms with E-state index in [-0.39, 0.29) is 11.2 Å². The van der Waals surface area contributed by atoms with Crippen LogP contribution in [0.5, 0.6) is 0 Å². The van der Waals surface area contributed by atoms with Gasteiger partial charge in [0.15, 0.2) is 11.0 Å². The fourth-order valence-corrected chi connectivity index (χ4v) is 3.29. The molecule has 0 N–H and O–H groups in total. The van der Waals surface area contributed by atoms with Gasteiger partial charge in [0.05, 0.1) is 22.8 Å². The normalized spacial score (nSPS) is 11.8. The molecule has 0 bridgehead atoms. The molecule has 1 heterocycles. The third kappa shape index (κ3) is 4.08. The number of nitrogens with zero attached hydrogens (tertiary/aromatic N) is 5. The lowest BCUT2D eigenvalue weighted by molar-refractivity contribution is -0.128. The highest BCUT2D eigenvalue weighted by Gasteiger charge is 2.22. The minimum atomic E-state index is -0.323. The molecule has 0 fully saturated rings. The molecule has 1 aromatic heterocycles. The van der Waals surface area contributed by atoms with Crippen molar-refractivity contribution in [2.45, 2.75) is 23.8 Å². The molecule has 126 valence electrons. The molecule has 0 saturated carbocycles. The molecule has 8 heteroatoms. The molecule has 6 nitrogen and oxygen atoms in total. The number of carbonyl (C=O) groups excluding carboxylic acids is 1. The van der Waals surface area contributed by atoms with E-state index in [1.54, 1.807) is 18.0 Å². The summed E-state index contributed by atoms with van der Waals surface area (Å²) in [6, 6.07) is 9.46. The molecule has 0 aliphatic heterocycles. The molecular formula is C16H18ClN5OS. The summed E-state index contributed by atoms with van der Waals surface area (Å²) >= 11 is 7.54.